The van der Waals surface area contributed by atoms with Crippen molar-refractivity contribution in [3.63, 3.8) is 0 Å². The fourth-order valence-corrected chi connectivity index (χ4v) is 0.715. The minimum Gasteiger partial charge on any atom is -0.344 e. The molecule has 0 spiro atoms. The zero-order valence-corrected chi connectivity index (χ0v) is 3.65. The predicted octanol–water partition coefficient (Wildman–Crippen LogP) is -0.708. The summed E-state index contributed by atoms with van der Waals surface area (Å²) in [7, 11) is 0. The summed E-state index contributed by atoms with van der Waals surface area (Å²) < 4.78 is 11.9. The molecule has 0 saturated carbocycles. The van der Waals surface area contributed by atoms with Gasteiger partial charge in [0.1, 0.15) is 6.54 Å². The monoisotopic (exact) mass is 90.1 g/mol. The molecular weight excluding hydrogens is 81.0 g/mol. The Morgan fingerprint density at radius 1 is 1.67 bits per heavy atom. The third kappa shape index (κ3) is 0.684. The van der Waals surface area contributed by atoms with Gasteiger partial charge in [0.2, 0.25) is 0 Å². The van der Waals surface area contributed by atoms with E-state index >= 15 is 0 Å². The second-order valence-corrected chi connectivity index (χ2v) is 1.70. The van der Waals surface area contributed by atoms with Gasteiger partial charge in [0.25, 0.3) is 0 Å². The second-order valence-electron chi connectivity index (χ2n) is 1.70. The van der Waals surface area contributed by atoms with Crippen LogP contribution >= 0.6 is 0 Å². The maximum Gasteiger partial charge on any atom is 0.154 e. The number of alkyl halides is 1. The first-order chi connectivity index (χ1) is 2.89. The molecule has 1 aliphatic rings. The maximum atomic E-state index is 11.9. The first-order valence-electron chi connectivity index (χ1n) is 2.35. The highest BCUT2D eigenvalue weighted by Crippen LogP contribution is 1.93. The van der Waals surface area contributed by atoms with Crippen LogP contribution in [0.25, 0.3) is 0 Å². The molecule has 0 radical (unpaired) electrons. The van der Waals surface area contributed by atoms with Crippen LogP contribution in [0.3, 0.4) is 0 Å². The molecule has 1 saturated heterocycles. The molecule has 6 heavy (non-hydrogen) atoms. The largest absolute Gasteiger partial charge is 0.344 e. The van der Waals surface area contributed by atoms with Crippen LogP contribution in [0.1, 0.15) is 6.42 Å². The average Bonchev–Trinajstić information content (AvgIpc) is 1.86. The maximum absolute atomic E-state index is 11.9. The molecule has 0 unspecified atom stereocenters. The molecule has 1 nitrogen and oxygen atoms in total. The average molecular weight is 90.1 g/mol. The molecule has 1 atom stereocenters. The van der Waals surface area contributed by atoms with Gasteiger partial charge in [-0.25, -0.2) is 4.39 Å². The molecule has 36 valence electrons. The minimum atomic E-state index is -0.509. The van der Waals surface area contributed by atoms with E-state index in [-0.39, 0.29) is 0 Å². The quantitative estimate of drug-likeness (QED) is 0.405. The summed E-state index contributed by atoms with van der Waals surface area (Å²) in [4.78, 5) is 0. The predicted molar refractivity (Wildman–Crippen MR) is 21.2 cm³/mol. The molecule has 2 N–H and O–H groups in total. The first kappa shape index (κ1) is 4.06. The lowest BCUT2D eigenvalue weighted by Gasteiger charge is -1.82. The van der Waals surface area contributed by atoms with Gasteiger partial charge in [-0.05, 0) is 0 Å². The lowest BCUT2D eigenvalue weighted by atomic mass is 10.4. The summed E-state index contributed by atoms with van der Waals surface area (Å²) in [5, 5.41) is 2.00. The van der Waals surface area contributed by atoms with Crippen LogP contribution in [0.2, 0.25) is 0 Å². The van der Waals surface area contributed by atoms with Crippen molar-refractivity contribution >= 4 is 0 Å². The number of halogens is 1. The molecule has 0 amide bonds. The Hall–Kier alpha value is -0.110. The fourth-order valence-electron chi connectivity index (χ4n) is 0.715. The number of rotatable bonds is 0. The van der Waals surface area contributed by atoms with E-state index in [4.69, 9.17) is 0 Å². The van der Waals surface area contributed by atoms with Gasteiger partial charge in [-0.3, -0.25) is 0 Å². The lowest BCUT2D eigenvalue weighted by Crippen LogP contribution is -2.81. The van der Waals surface area contributed by atoms with Crippen molar-refractivity contribution in [2.45, 2.75) is 12.6 Å². The zero-order chi connectivity index (χ0) is 4.41. The van der Waals surface area contributed by atoms with Crippen molar-refractivity contribution < 1.29 is 9.71 Å². The van der Waals surface area contributed by atoms with Gasteiger partial charge in [-0.1, -0.05) is 0 Å². The summed E-state index contributed by atoms with van der Waals surface area (Å²) in [6.45, 7) is 1.68. The molecule has 1 aliphatic heterocycles. The molecular formula is C4H9FN+. The molecule has 0 aromatic carbocycles. The molecule has 1 rings (SSSR count). The van der Waals surface area contributed by atoms with E-state index in [0.717, 1.165) is 13.0 Å². The van der Waals surface area contributed by atoms with Crippen molar-refractivity contribution in [2.24, 2.45) is 0 Å². The smallest absolute Gasteiger partial charge is 0.154 e. The zero-order valence-electron chi connectivity index (χ0n) is 3.65. The van der Waals surface area contributed by atoms with E-state index in [1.54, 1.807) is 0 Å². The normalized spacial score (nSPS) is 34.5. The van der Waals surface area contributed by atoms with Gasteiger partial charge in [-0.2, -0.15) is 0 Å². The van der Waals surface area contributed by atoms with Gasteiger partial charge in [-0.15, -0.1) is 0 Å². The highest BCUT2D eigenvalue weighted by atomic mass is 19.1. The van der Waals surface area contributed by atoms with Crippen LogP contribution in [0.15, 0.2) is 0 Å². The summed E-state index contributed by atoms with van der Waals surface area (Å²) >= 11 is 0. The number of quaternary nitrogens is 1. The molecule has 0 aromatic heterocycles. The van der Waals surface area contributed by atoms with Crippen LogP contribution in [0, 0.1) is 0 Å². The molecule has 0 aliphatic carbocycles. The summed E-state index contributed by atoms with van der Waals surface area (Å²) in [5.74, 6) is 0. The Bertz CT molecular complexity index is 40.8. The molecule has 1 fully saturated rings. The van der Waals surface area contributed by atoms with E-state index in [1.807, 2.05) is 5.32 Å². The standard InChI is InChI=1S/C4H8FN/c5-4-1-2-6-3-4/h4,6H,1-3H2/p+1/t4-/m0/s1. The number of hydrogen-bond donors (Lipinski definition) is 1. The molecule has 1 heterocycles. The van der Waals surface area contributed by atoms with Crippen LogP contribution in [0.5, 0.6) is 0 Å². The Labute approximate surface area is 36.5 Å². The number of nitrogens with two attached hydrogens (primary N) is 1. The van der Waals surface area contributed by atoms with E-state index in [2.05, 4.69) is 0 Å². The third-order valence-corrected chi connectivity index (χ3v) is 1.11. The second kappa shape index (κ2) is 1.56. The fraction of sp³-hybridized carbons (Fsp3) is 1.00. The topological polar surface area (TPSA) is 16.6 Å². The minimum absolute atomic E-state index is 0.509. The SMILES string of the molecule is F[C@H]1CC[NH2+]C1. The van der Waals surface area contributed by atoms with Crippen molar-refractivity contribution in [3.8, 4) is 0 Å². The van der Waals surface area contributed by atoms with Crippen LogP contribution in [0.4, 0.5) is 4.39 Å². The van der Waals surface area contributed by atoms with E-state index in [9.17, 15) is 4.39 Å². The van der Waals surface area contributed by atoms with Crippen molar-refractivity contribution in [1.82, 2.24) is 0 Å². The first-order valence-corrected chi connectivity index (χ1v) is 2.35. The van der Waals surface area contributed by atoms with E-state index in [1.165, 1.54) is 0 Å². The van der Waals surface area contributed by atoms with Gasteiger partial charge < -0.3 is 5.32 Å². The van der Waals surface area contributed by atoms with Gasteiger partial charge >= 0.3 is 0 Å². The Kier molecular flexibility index (Phi) is 1.05. The van der Waals surface area contributed by atoms with Gasteiger partial charge in [0.15, 0.2) is 6.17 Å². The highest BCUT2D eigenvalue weighted by Gasteiger charge is 2.14. The lowest BCUT2D eigenvalue weighted by molar-refractivity contribution is -0.637. The van der Waals surface area contributed by atoms with E-state index < -0.39 is 6.17 Å². The Balaban J connectivity index is 2.18. The van der Waals surface area contributed by atoms with Gasteiger partial charge in [0.05, 0.1) is 6.54 Å². The van der Waals surface area contributed by atoms with Crippen LogP contribution in [-0.4, -0.2) is 19.3 Å². The van der Waals surface area contributed by atoms with Crippen molar-refractivity contribution in [3.05, 3.63) is 0 Å². The summed E-state index contributed by atoms with van der Waals surface area (Å²) in [6.07, 6.45) is 0.255. The Morgan fingerprint density at radius 2 is 2.50 bits per heavy atom. The van der Waals surface area contributed by atoms with E-state index in [0.29, 0.717) is 6.54 Å². The molecule has 2 heteroatoms. The van der Waals surface area contributed by atoms with Crippen LogP contribution in [-0.2, 0) is 0 Å². The van der Waals surface area contributed by atoms with Crippen LogP contribution < -0.4 is 5.32 Å². The Morgan fingerprint density at radius 3 is 2.67 bits per heavy atom. The molecule has 0 bridgehead atoms. The highest BCUT2D eigenvalue weighted by molar-refractivity contribution is 4.54. The summed E-state index contributed by atoms with van der Waals surface area (Å²) in [5.41, 5.74) is 0. The van der Waals surface area contributed by atoms with Crippen molar-refractivity contribution in [2.75, 3.05) is 13.1 Å². The molecule has 0 aromatic rings. The van der Waals surface area contributed by atoms with Gasteiger partial charge in [0, 0.05) is 6.42 Å². The van der Waals surface area contributed by atoms with Crippen molar-refractivity contribution in [1.29, 1.82) is 0 Å². The third-order valence-electron chi connectivity index (χ3n) is 1.11. The number of hydrogen-bond acceptors (Lipinski definition) is 0. The summed E-state index contributed by atoms with van der Waals surface area (Å²) in [6, 6.07) is 0.